The molecular formula is C54H81N11O8. The third kappa shape index (κ3) is 14.2. The maximum Gasteiger partial charge on any atom is 0.246 e. The molecule has 10 atom stereocenters. The van der Waals surface area contributed by atoms with E-state index in [1.807, 2.05) is 77.9 Å². The SMILES string of the molecule is CN[C@@H](C)C(=O)N[C@@H](C(=O)N1C[C@@H](NC(=O)CNCC(=O)N[C@H]2C[C@@H](C(=O)N[C@@H]3CCCc4ccccc43)N(C(=O)[C@H](NC(=O)[C@H](C)NC)C(C)(C)C)C2)CC1C(=O)N[C@@H]1CCCc2ccccc21)C(C)(C)C. The maximum absolute atomic E-state index is 14.5. The summed E-state index contributed by atoms with van der Waals surface area (Å²) >= 11 is 0. The summed E-state index contributed by atoms with van der Waals surface area (Å²) in [6.07, 6.45) is 5.33. The average Bonchev–Trinajstić information content (AvgIpc) is 3.98. The van der Waals surface area contributed by atoms with Gasteiger partial charge in [-0.25, -0.2) is 0 Å². The highest BCUT2D eigenvalue weighted by Gasteiger charge is 2.48. The van der Waals surface area contributed by atoms with Crippen molar-refractivity contribution in [3.63, 3.8) is 0 Å². The Morgan fingerprint density at radius 3 is 1.29 bits per heavy atom. The lowest BCUT2D eigenvalue weighted by Gasteiger charge is -2.36. The van der Waals surface area contributed by atoms with E-state index in [9.17, 15) is 38.4 Å². The van der Waals surface area contributed by atoms with Crippen LogP contribution in [0.2, 0.25) is 0 Å². The molecule has 0 aromatic heterocycles. The Balaban J connectivity index is 1.11. The summed E-state index contributed by atoms with van der Waals surface area (Å²) in [4.78, 5) is 114. The van der Waals surface area contributed by atoms with Gasteiger partial charge in [0.1, 0.15) is 24.2 Å². The topological polar surface area (TPSA) is 251 Å². The molecule has 400 valence electrons. The first kappa shape index (κ1) is 56.4. The maximum atomic E-state index is 14.5. The molecule has 2 aliphatic carbocycles. The number of likely N-dealkylation sites (N-methyl/N-ethyl adjacent to an activating group) is 2. The molecule has 0 saturated carbocycles. The normalized spacial score (nSPS) is 23.4. The molecule has 2 aromatic rings. The van der Waals surface area contributed by atoms with E-state index in [1.54, 1.807) is 27.9 Å². The van der Waals surface area contributed by atoms with Gasteiger partial charge < -0.3 is 52.3 Å². The van der Waals surface area contributed by atoms with E-state index in [0.717, 1.165) is 49.7 Å². The van der Waals surface area contributed by atoms with Gasteiger partial charge in [0.05, 0.1) is 37.3 Å². The summed E-state index contributed by atoms with van der Waals surface area (Å²) in [6.45, 7) is 13.9. The van der Waals surface area contributed by atoms with Crippen molar-refractivity contribution in [2.45, 2.75) is 167 Å². The van der Waals surface area contributed by atoms with Gasteiger partial charge >= 0.3 is 0 Å². The summed E-state index contributed by atoms with van der Waals surface area (Å²) in [5, 5.41) is 26.8. The summed E-state index contributed by atoms with van der Waals surface area (Å²) in [7, 11) is 3.30. The smallest absolute Gasteiger partial charge is 0.246 e. The van der Waals surface area contributed by atoms with Gasteiger partial charge in [-0.2, -0.15) is 0 Å². The first-order chi connectivity index (χ1) is 34.5. The van der Waals surface area contributed by atoms with Crippen molar-refractivity contribution in [1.29, 1.82) is 0 Å². The van der Waals surface area contributed by atoms with Gasteiger partial charge in [-0.3, -0.25) is 43.7 Å². The largest absolute Gasteiger partial charge is 0.350 e. The molecule has 2 fully saturated rings. The fourth-order valence-electron chi connectivity index (χ4n) is 10.5. The second-order valence-corrected chi connectivity index (χ2v) is 22.6. The number of hydrogen-bond acceptors (Lipinski definition) is 11. The van der Waals surface area contributed by atoms with Crippen LogP contribution in [0.3, 0.4) is 0 Å². The third-order valence-corrected chi connectivity index (χ3v) is 14.9. The Bertz CT molecular complexity index is 2190. The van der Waals surface area contributed by atoms with Crippen LogP contribution < -0.4 is 47.9 Å². The van der Waals surface area contributed by atoms with Crippen LogP contribution in [0.5, 0.6) is 0 Å². The van der Waals surface area contributed by atoms with Crippen molar-refractivity contribution in [3.8, 4) is 0 Å². The zero-order chi connectivity index (χ0) is 53.4. The van der Waals surface area contributed by atoms with Crippen molar-refractivity contribution in [2.24, 2.45) is 10.8 Å². The molecule has 2 saturated heterocycles. The summed E-state index contributed by atoms with van der Waals surface area (Å²) in [6, 6.07) is 9.26. The number of nitrogens with one attached hydrogen (secondary N) is 9. The fraction of sp³-hybridized carbons (Fsp3) is 0.630. The van der Waals surface area contributed by atoms with E-state index in [1.165, 1.54) is 20.9 Å². The molecule has 2 aromatic carbocycles. The molecule has 73 heavy (non-hydrogen) atoms. The average molecular weight is 1010 g/mol. The second kappa shape index (κ2) is 24.4. The third-order valence-electron chi connectivity index (χ3n) is 14.9. The van der Waals surface area contributed by atoms with Gasteiger partial charge in [-0.05, 0) is 112 Å². The van der Waals surface area contributed by atoms with E-state index < -0.39 is 82.8 Å². The summed E-state index contributed by atoms with van der Waals surface area (Å²) in [5.74, 6) is -3.23. The number of benzene rings is 2. The number of aryl methyl sites for hydroxylation is 2. The molecule has 1 unspecified atom stereocenters. The lowest BCUT2D eigenvalue weighted by molar-refractivity contribution is -0.144. The Kier molecular flexibility index (Phi) is 18.9. The summed E-state index contributed by atoms with van der Waals surface area (Å²) in [5.41, 5.74) is 2.96. The van der Waals surface area contributed by atoms with Crippen LogP contribution in [-0.4, -0.2) is 146 Å². The van der Waals surface area contributed by atoms with Gasteiger partial charge in [-0.1, -0.05) is 90.1 Å². The van der Waals surface area contributed by atoms with Crippen molar-refractivity contribution in [2.75, 3.05) is 40.3 Å². The second-order valence-electron chi connectivity index (χ2n) is 22.6. The molecule has 19 nitrogen and oxygen atoms in total. The van der Waals surface area contributed by atoms with Gasteiger partial charge in [0.2, 0.25) is 47.3 Å². The number of hydrogen-bond donors (Lipinski definition) is 9. The quantitative estimate of drug-likeness (QED) is 0.103. The number of nitrogens with zero attached hydrogens (tertiary/aromatic N) is 2. The number of carbonyl (C=O) groups is 8. The molecule has 2 heterocycles. The predicted octanol–water partition coefficient (Wildman–Crippen LogP) is 1.41. The number of rotatable bonds is 18. The fourth-order valence-corrected chi connectivity index (χ4v) is 10.5. The highest BCUT2D eigenvalue weighted by molar-refractivity contribution is 5.96. The number of amides is 8. The lowest BCUT2D eigenvalue weighted by atomic mass is 9.85. The Labute approximate surface area is 431 Å². The van der Waals surface area contributed by atoms with Gasteiger partial charge in [0.25, 0.3) is 0 Å². The van der Waals surface area contributed by atoms with Gasteiger partial charge in [0.15, 0.2) is 0 Å². The highest BCUT2D eigenvalue weighted by atomic mass is 16.2. The minimum absolute atomic E-state index is 0.0155. The first-order valence-electron chi connectivity index (χ1n) is 26.1. The Morgan fingerprint density at radius 1 is 0.562 bits per heavy atom. The van der Waals surface area contributed by atoms with Crippen LogP contribution in [0.1, 0.15) is 128 Å². The molecule has 2 aliphatic heterocycles. The zero-order valence-electron chi connectivity index (χ0n) is 44.5. The minimum Gasteiger partial charge on any atom is -0.350 e. The van der Waals surface area contributed by atoms with Crippen LogP contribution >= 0.6 is 0 Å². The van der Waals surface area contributed by atoms with E-state index in [-0.39, 0.29) is 74.7 Å². The minimum atomic E-state index is -0.979. The molecular weight excluding hydrogens is 931 g/mol. The van der Waals surface area contributed by atoms with Gasteiger partial charge in [0, 0.05) is 25.2 Å². The molecule has 19 heteroatoms. The molecule has 6 rings (SSSR count). The van der Waals surface area contributed by atoms with Crippen LogP contribution in [0, 0.1) is 10.8 Å². The van der Waals surface area contributed by atoms with Crippen LogP contribution in [0.15, 0.2) is 48.5 Å². The van der Waals surface area contributed by atoms with E-state index in [2.05, 4.69) is 60.0 Å². The zero-order valence-corrected chi connectivity index (χ0v) is 44.5. The lowest BCUT2D eigenvalue weighted by Crippen LogP contribution is -2.59. The highest BCUT2D eigenvalue weighted by Crippen LogP contribution is 2.33. The molecule has 8 amide bonds. The molecule has 0 radical (unpaired) electrons. The van der Waals surface area contributed by atoms with Crippen molar-refractivity contribution in [3.05, 3.63) is 70.8 Å². The molecule has 0 spiro atoms. The standard InChI is InChI=1S/C54H81N11O8/c1-31(55-9)47(68)62-45(53(3,4)5)51(72)64-29-35(25-41(64)49(70)60-39-23-15-19-33-17-11-13-21-37(33)39)58-43(66)27-57-28-44(67)59-36-26-42(50(71)61-40-24-16-20-34-18-12-14-22-38(34)40)65(30-36)52(73)46(54(6,7)8)63-48(69)32(2)56-10/h11-14,17-18,21-22,31-32,35-36,39-42,45-46,55-57H,15-16,19-20,23-30H2,1-10H3,(H,58,66)(H,59,67)(H,60,70)(H,61,71)(H,62,68)(H,63,69)/t31-,32-,35-,36-,39+,40+,41-,42?,45-,46-/m0/s1. The predicted molar refractivity (Wildman–Crippen MR) is 277 cm³/mol. The van der Waals surface area contributed by atoms with Crippen molar-refractivity contribution in [1.82, 2.24) is 57.7 Å². The van der Waals surface area contributed by atoms with Crippen LogP contribution in [0.4, 0.5) is 0 Å². The number of likely N-dealkylation sites (tertiary alicyclic amines) is 2. The Hall–Kier alpha value is -5.92. The number of carbonyl (C=O) groups excluding carboxylic acids is 8. The Morgan fingerprint density at radius 2 is 0.932 bits per heavy atom. The van der Waals surface area contributed by atoms with Crippen molar-refractivity contribution >= 4 is 47.3 Å². The number of fused-ring (bicyclic) bond motifs is 2. The molecule has 0 bridgehead atoms. The molecule has 4 aliphatic rings. The molecule has 9 N–H and O–H groups in total. The van der Waals surface area contributed by atoms with E-state index >= 15 is 0 Å². The monoisotopic (exact) mass is 1010 g/mol. The van der Waals surface area contributed by atoms with E-state index in [4.69, 9.17) is 0 Å². The van der Waals surface area contributed by atoms with Gasteiger partial charge in [-0.15, -0.1) is 0 Å². The van der Waals surface area contributed by atoms with Crippen LogP contribution in [-0.2, 0) is 51.2 Å². The van der Waals surface area contributed by atoms with Crippen LogP contribution in [0.25, 0.3) is 0 Å². The first-order valence-corrected chi connectivity index (χ1v) is 26.1. The van der Waals surface area contributed by atoms with E-state index in [0.29, 0.717) is 0 Å². The summed E-state index contributed by atoms with van der Waals surface area (Å²) < 4.78 is 0. The van der Waals surface area contributed by atoms with Crippen molar-refractivity contribution < 1.29 is 38.4 Å².